The van der Waals surface area contributed by atoms with E-state index in [1.54, 1.807) is 0 Å². The molecule has 1 unspecified atom stereocenters. The second-order valence-corrected chi connectivity index (χ2v) is 13.5. The summed E-state index contributed by atoms with van der Waals surface area (Å²) in [4.78, 5) is 45.4. The molecule has 0 aromatic rings. The highest BCUT2D eigenvalue weighted by atomic mass is 31.2. The Morgan fingerprint density at radius 2 is 1.13 bits per heavy atom. The Kier molecular flexibility index (Phi) is 29.4. The number of carboxylic acids is 1. The molecule has 0 rings (SSSR count). The number of esters is 2. The number of phosphoric ester groups is 1. The molecule has 0 bridgehead atoms. The zero-order valence-corrected chi connectivity index (χ0v) is 29.6. The van der Waals surface area contributed by atoms with E-state index in [-0.39, 0.29) is 19.4 Å². The van der Waals surface area contributed by atoms with Crippen LogP contribution in [0.5, 0.6) is 0 Å². The molecule has 12 heteroatoms. The fourth-order valence-electron chi connectivity index (χ4n) is 4.67. The lowest BCUT2D eigenvalue weighted by Gasteiger charge is -2.20. The van der Waals surface area contributed by atoms with E-state index in [9.17, 15) is 23.8 Å². The fourth-order valence-corrected chi connectivity index (χ4v) is 5.45. The number of ether oxygens (including phenoxy) is 2. The maximum absolute atomic E-state index is 12.4. The lowest BCUT2D eigenvalue weighted by atomic mass is 10.1. The van der Waals surface area contributed by atoms with Crippen molar-refractivity contribution in [1.82, 2.24) is 0 Å². The highest BCUT2D eigenvalue weighted by Crippen LogP contribution is 2.43. The van der Waals surface area contributed by atoms with E-state index >= 15 is 0 Å². The first-order valence-corrected chi connectivity index (χ1v) is 19.2. The van der Waals surface area contributed by atoms with Gasteiger partial charge in [0.05, 0.1) is 13.2 Å². The molecule has 0 fully saturated rings. The summed E-state index contributed by atoms with van der Waals surface area (Å²) in [6, 6.07) is -1.52. The minimum atomic E-state index is -4.70. The minimum Gasteiger partial charge on any atom is -0.480 e. The monoisotopic (exact) mass is 677 g/mol. The van der Waals surface area contributed by atoms with Gasteiger partial charge in [0.25, 0.3) is 0 Å². The molecule has 0 radical (unpaired) electrons. The summed E-state index contributed by atoms with van der Waals surface area (Å²) in [7, 11) is -4.70. The number of carboxylic acid groups (broad SMARTS) is 1. The Morgan fingerprint density at radius 3 is 1.67 bits per heavy atom. The van der Waals surface area contributed by atoms with Crippen LogP contribution in [0.15, 0.2) is 12.2 Å². The van der Waals surface area contributed by atoms with E-state index in [0.29, 0.717) is 12.8 Å². The van der Waals surface area contributed by atoms with Gasteiger partial charge in [-0.05, 0) is 25.7 Å². The standard InChI is InChI=1S/C34H64NO10P/c1-3-5-7-9-11-12-13-14-15-16-17-18-20-21-23-25-32(36)42-27-30(28-43-46(40,41)44-29-31(35)34(38)39)45-33(37)26-24-22-19-10-8-6-4-2/h20-21,30-31H,3-19,22-29,35H2,1-2H3,(H,38,39)(H,40,41)/b21-20+/t30-,31+/m0/s1. The van der Waals surface area contributed by atoms with Crippen molar-refractivity contribution < 1.29 is 47.5 Å². The zero-order valence-electron chi connectivity index (χ0n) is 28.7. The Labute approximate surface area is 278 Å². The first-order chi connectivity index (χ1) is 22.1. The van der Waals surface area contributed by atoms with Gasteiger partial charge in [-0.15, -0.1) is 0 Å². The number of carbonyl (C=O) groups is 3. The van der Waals surface area contributed by atoms with Crippen molar-refractivity contribution in [3.8, 4) is 0 Å². The molecule has 0 aliphatic carbocycles. The van der Waals surface area contributed by atoms with Gasteiger partial charge in [0.2, 0.25) is 0 Å². The van der Waals surface area contributed by atoms with Crippen molar-refractivity contribution in [3.63, 3.8) is 0 Å². The molecule has 0 saturated carbocycles. The van der Waals surface area contributed by atoms with Gasteiger partial charge in [-0.1, -0.05) is 129 Å². The molecular weight excluding hydrogens is 613 g/mol. The number of nitrogens with two attached hydrogens (primary N) is 1. The molecule has 3 atom stereocenters. The summed E-state index contributed by atoms with van der Waals surface area (Å²) in [5, 5.41) is 8.82. The first kappa shape index (κ1) is 44.2. The maximum Gasteiger partial charge on any atom is 0.472 e. The van der Waals surface area contributed by atoms with Crippen LogP contribution in [0.3, 0.4) is 0 Å². The van der Waals surface area contributed by atoms with Crippen LogP contribution < -0.4 is 5.73 Å². The van der Waals surface area contributed by atoms with Crippen molar-refractivity contribution in [2.24, 2.45) is 5.73 Å². The van der Waals surface area contributed by atoms with Crippen molar-refractivity contribution in [3.05, 3.63) is 12.2 Å². The number of hydrogen-bond donors (Lipinski definition) is 3. The molecule has 270 valence electrons. The molecule has 0 saturated heterocycles. The third-order valence-electron chi connectivity index (χ3n) is 7.53. The highest BCUT2D eigenvalue weighted by Gasteiger charge is 2.28. The van der Waals surface area contributed by atoms with E-state index in [4.69, 9.17) is 24.8 Å². The molecule has 11 nitrogen and oxygen atoms in total. The van der Waals surface area contributed by atoms with E-state index < -0.39 is 51.1 Å². The fraction of sp³-hybridized carbons (Fsp3) is 0.853. The Bertz CT molecular complexity index is 854. The lowest BCUT2D eigenvalue weighted by Crippen LogP contribution is -2.34. The van der Waals surface area contributed by atoms with Gasteiger partial charge in [-0.2, -0.15) is 0 Å². The molecule has 0 aliphatic heterocycles. The molecule has 0 aromatic heterocycles. The van der Waals surface area contributed by atoms with Crippen LogP contribution in [0.25, 0.3) is 0 Å². The van der Waals surface area contributed by atoms with Gasteiger partial charge in [0.15, 0.2) is 6.10 Å². The van der Waals surface area contributed by atoms with Gasteiger partial charge >= 0.3 is 25.7 Å². The largest absolute Gasteiger partial charge is 0.480 e. The van der Waals surface area contributed by atoms with Crippen LogP contribution in [0.4, 0.5) is 0 Å². The van der Waals surface area contributed by atoms with Crippen LogP contribution in [-0.4, -0.2) is 59.9 Å². The summed E-state index contributed by atoms with van der Waals surface area (Å²) >= 11 is 0. The van der Waals surface area contributed by atoms with E-state index in [1.807, 2.05) is 6.08 Å². The van der Waals surface area contributed by atoms with Crippen molar-refractivity contribution in [1.29, 1.82) is 0 Å². The van der Waals surface area contributed by atoms with E-state index in [1.165, 1.54) is 77.0 Å². The predicted octanol–water partition coefficient (Wildman–Crippen LogP) is 8.17. The van der Waals surface area contributed by atoms with Crippen molar-refractivity contribution in [2.75, 3.05) is 19.8 Å². The topological polar surface area (TPSA) is 172 Å². The molecule has 0 amide bonds. The first-order valence-electron chi connectivity index (χ1n) is 17.7. The smallest absolute Gasteiger partial charge is 0.472 e. The Hall–Kier alpha value is -1.78. The zero-order chi connectivity index (χ0) is 34.3. The molecule has 0 heterocycles. The van der Waals surface area contributed by atoms with Gasteiger partial charge in [0, 0.05) is 12.8 Å². The predicted molar refractivity (Wildman–Crippen MR) is 180 cm³/mol. The second kappa shape index (κ2) is 30.5. The van der Waals surface area contributed by atoms with Crippen molar-refractivity contribution >= 4 is 25.7 Å². The van der Waals surface area contributed by atoms with E-state index in [0.717, 1.165) is 38.5 Å². The number of hydrogen-bond acceptors (Lipinski definition) is 9. The number of allylic oxidation sites excluding steroid dienone is 2. The number of aliphatic carboxylic acids is 1. The lowest BCUT2D eigenvalue weighted by molar-refractivity contribution is -0.161. The quantitative estimate of drug-likeness (QED) is 0.0265. The normalized spacial score (nSPS) is 14.2. The SMILES string of the molecule is CCCCCCCCCCCCC/C=C/CCC(=O)OC[C@@H](COP(=O)(O)OC[C@@H](N)C(=O)O)OC(=O)CCCCCCCCC. The minimum absolute atomic E-state index is 0.142. The van der Waals surface area contributed by atoms with Crippen LogP contribution in [-0.2, 0) is 37.5 Å². The summed E-state index contributed by atoms with van der Waals surface area (Å²) in [5.41, 5.74) is 5.29. The van der Waals surface area contributed by atoms with E-state index in [2.05, 4.69) is 24.4 Å². The van der Waals surface area contributed by atoms with Gasteiger partial charge in [0.1, 0.15) is 12.6 Å². The third kappa shape index (κ3) is 29.6. The highest BCUT2D eigenvalue weighted by molar-refractivity contribution is 7.47. The summed E-state index contributed by atoms with van der Waals surface area (Å²) in [5.74, 6) is -2.44. The molecule has 4 N–H and O–H groups in total. The summed E-state index contributed by atoms with van der Waals surface area (Å²) < 4.78 is 32.3. The van der Waals surface area contributed by atoms with Crippen LogP contribution >= 0.6 is 7.82 Å². The second-order valence-electron chi connectivity index (χ2n) is 12.0. The maximum atomic E-state index is 12.4. The third-order valence-corrected chi connectivity index (χ3v) is 8.48. The van der Waals surface area contributed by atoms with Gasteiger partial charge in [-0.3, -0.25) is 23.4 Å². The van der Waals surface area contributed by atoms with Crippen LogP contribution in [0.1, 0.15) is 155 Å². The molecule has 0 spiro atoms. The average Bonchev–Trinajstić information content (AvgIpc) is 3.02. The molecule has 46 heavy (non-hydrogen) atoms. The van der Waals surface area contributed by atoms with Gasteiger partial charge in [-0.25, -0.2) is 4.57 Å². The molecular formula is C34H64NO10P. The van der Waals surface area contributed by atoms with Crippen LogP contribution in [0, 0.1) is 0 Å². The Balaban J connectivity index is 4.42. The average molecular weight is 678 g/mol. The number of phosphoric acid groups is 1. The van der Waals surface area contributed by atoms with Crippen LogP contribution in [0.2, 0.25) is 0 Å². The summed E-state index contributed by atoms with van der Waals surface area (Å²) in [6.45, 7) is 2.68. The van der Waals surface area contributed by atoms with Crippen molar-refractivity contribution in [2.45, 2.75) is 167 Å². The number of carbonyl (C=O) groups excluding carboxylic acids is 2. The van der Waals surface area contributed by atoms with Gasteiger partial charge < -0.3 is 25.2 Å². The molecule has 0 aromatic carbocycles. The number of rotatable bonds is 33. The summed E-state index contributed by atoms with van der Waals surface area (Å²) in [6.07, 6.45) is 26.2. The molecule has 0 aliphatic rings. The number of unbranched alkanes of at least 4 members (excludes halogenated alkanes) is 17. The Morgan fingerprint density at radius 1 is 0.652 bits per heavy atom.